The van der Waals surface area contributed by atoms with Gasteiger partial charge in [0.15, 0.2) is 23.3 Å². The van der Waals surface area contributed by atoms with Gasteiger partial charge < -0.3 is 24.8 Å². The first kappa shape index (κ1) is 26.2. The molecule has 188 valence electrons. The average molecular weight is 503 g/mol. The molecule has 1 heterocycles. The number of aromatic nitrogens is 1. The van der Waals surface area contributed by atoms with Gasteiger partial charge >= 0.3 is 5.97 Å². The summed E-state index contributed by atoms with van der Waals surface area (Å²) < 4.78 is 12.7. The minimum Gasteiger partial charge on any atom is -0.494 e. The van der Waals surface area contributed by atoms with E-state index in [9.17, 15) is 20.1 Å². The highest BCUT2D eigenvalue weighted by atomic mass is 35.5. The van der Waals surface area contributed by atoms with Crippen LogP contribution in [-0.4, -0.2) is 51.0 Å². The molecule has 0 aliphatic carbocycles. The van der Waals surface area contributed by atoms with Crippen LogP contribution in [0.2, 0.25) is 5.02 Å². The monoisotopic (exact) mass is 502 g/mol. The summed E-state index contributed by atoms with van der Waals surface area (Å²) in [5, 5.41) is 30.1. The smallest absolute Gasteiger partial charge is 0.325 e. The Morgan fingerprint density at radius 3 is 2.34 bits per heavy atom. The molecule has 3 aromatic rings. The molecule has 0 bridgehead atoms. The van der Waals surface area contributed by atoms with Crippen LogP contribution in [0.15, 0.2) is 54.6 Å². The largest absolute Gasteiger partial charge is 0.494 e. The zero-order valence-corrected chi connectivity index (χ0v) is 20.6. The van der Waals surface area contributed by atoms with Crippen molar-refractivity contribution in [2.75, 3.05) is 20.3 Å². The molecule has 2 aromatic carbocycles. The number of benzene rings is 2. The van der Waals surface area contributed by atoms with Crippen molar-refractivity contribution in [2.45, 2.75) is 38.9 Å². The third kappa shape index (κ3) is 6.83. The van der Waals surface area contributed by atoms with E-state index in [1.54, 1.807) is 30.3 Å². The lowest BCUT2D eigenvalue weighted by atomic mass is 10.0. The normalized spacial score (nSPS) is 12.0. The third-order valence-electron chi connectivity index (χ3n) is 5.70. The van der Waals surface area contributed by atoms with E-state index in [-0.39, 0.29) is 24.9 Å². The van der Waals surface area contributed by atoms with Gasteiger partial charge in [-0.2, -0.15) is 0 Å². The number of carboxylic acids is 1. The number of carbonyl (C=O) groups is 1. The van der Waals surface area contributed by atoms with Gasteiger partial charge in [-0.05, 0) is 48.4 Å². The van der Waals surface area contributed by atoms with Gasteiger partial charge in [-0.25, -0.2) is 0 Å². The lowest BCUT2D eigenvalue weighted by Crippen LogP contribution is -2.34. The maximum atomic E-state index is 12.3. The predicted octanol–water partition coefficient (Wildman–Crippen LogP) is 5.07. The molecule has 0 radical (unpaired) electrons. The molecule has 0 fully saturated rings. The fourth-order valence-corrected chi connectivity index (χ4v) is 4.03. The number of rotatable bonds is 13. The number of aromatic hydroxyl groups is 2. The number of halogens is 1. The highest BCUT2D eigenvalue weighted by Crippen LogP contribution is 2.31. The lowest BCUT2D eigenvalue weighted by molar-refractivity contribution is -0.144. The number of aliphatic carboxylic acids is 1. The van der Waals surface area contributed by atoms with Crippen LogP contribution in [0.5, 0.6) is 23.3 Å². The van der Waals surface area contributed by atoms with Gasteiger partial charge in [0.25, 0.3) is 0 Å². The maximum absolute atomic E-state index is 12.3. The molecule has 8 nitrogen and oxygen atoms in total. The van der Waals surface area contributed by atoms with E-state index in [1.165, 1.54) is 23.8 Å². The second-order valence-corrected chi connectivity index (χ2v) is 8.59. The standard InChI is InChI=1S/C26H31ClN2O6/c1-3-4-13-28(25(26(32)33)19-6-8-20(27)9-7-19)17-18-5-10-21(22(16-18)34-2)35-15-14-29-23(30)11-12-24(29)31/h5-12,16,25,30-31H,3-4,13-15,17H2,1-2H3,(H,32,33). The second kappa shape index (κ2) is 12.4. The van der Waals surface area contributed by atoms with Crippen LogP contribution in [0.25, 0.3) is 0 Å². The molecule has 0 aliphatic rings. The Balaban J connectivity index is 1.77. The van der Waals surface area contributed by atoms with Gasteiger partial charge in [0, 0.05) is 23.7 Å². The Morgan fingerprint density at radius 1 is 1.06 bits per heavy atom. The quantitative estimate of drug-likeness (QED) is 0.300. The van der Waals surface area contributed by atoms with Crippen molar-refractivity contribution in [1.29, 1.82) is 0 Å². The van der Waals surface area contributed by atoms with Crippen molar-refractivity contribution in [3.05, 3.63) is 70.7 Å². The summed E-state index contributed by atoms with van der Waals surface area (Å²) in [6, 6.07) is 14.4. The Kier molecular flexibility index (Phi) is 9.28. The first-order chi connectivity index (χ1) is 16.8. The van der Waals surface area contributed by atoms with Crippen molar-refractivity contribution in [3.63, 3.8) is 0 Å². The first-order valence-corrected chi connectivity index (χ1v) is 11.8. The van der Waals surface area contributed by atoms with Gasteiger partial charge in [-0.1, -0.05) is 43.1 Å². The molecule has 9 heteroatoms. The average Bonchev–Trinajstić information content (AvgIpc) is 3.16. The minimum absolute atomic E-state index is 0.0470. The number of hydrogen-bond acceptors (Lipinski definition) is 6. The molecule has 0 amide bonds. The summed E-state index contributed by atoms with van der Waals surface area (Å²) >= 11 is 6.00. The van der Waals surface area contributed by atoms with E-state index in [4.69, 9.17) is 21.1 Å². The highest BCUT2D eigenvalue weighted by molar-refractivity contribution is 6.30. The Morgan fingerprint density at radius 2 is 1.74 bits per heavy atom. The van der Waals surface area contributed by atoms with E-state index in [0.717, 1.165) is 18.4 Å². The van der Waals surface area contributed by atoms with Crippen LogP contribution >= 0.6 is 11.6 Å². The number of nitrogens with zero attached hydrogens (tertiary/aromatic N) is 2. The Bertz CT molecular complexity index is 1100. The molecule has 0 aliphatic heterocycles. The SMILES string of the molecule is CCCCN(Cc1ccc(OCCn2c(O)ccc2O)c(OC)c1)C(C(=O)O)c1ccc(Cl)cc1. The van der Waals surface area contributed by atoms with Gasteiger partial charge in [0.1, 0.15) is 12.6 Å². The van der Waals surface area contributed by atoms with Gasteiger partial charge in [-0.3, -0.25) is 14.3 Å². The van der Waals surface area contributed by atoms with Gasteiger partial charge in [0.2, 0.25) is 0 Å². The Hall–Kier alpha value is -3.36. The number of methoxy groups -OCH3 is 1. The molecule has 3 N–H and O–H groups in total. The number of hydrogen-bond donors (Lipinski definition) is 3. The van der Waals surface area contributed by atoms with Crippen molar-refractivity contribution >= 4 is 17.6 Å². The lowest BCUT2D eigenvalue weighted by Gasteiger charge is -2.29. The second-order valence-electron chi connectivity index (χ2n) is 8.15. The third-order valence-corrected chi connectivity index (χ3v) is 5.96. The molecular weight excluding hydrogens is 472 g/mol. The topological polar surface area (TPSA) is 104 Å². The van der Waals surface area contributed by atoms with Crippen molar-refractivity contribution in [1.82, 2.24) is 9.47 Å². The van der Waals surface area contributed by atoms with Gasteiger partial charge in [-0.15, -0.1) is 0 Å². The molecule has 1 unspecified atom stereocenters. The first-order valence-electron chi connectivity index (χ1n) is 11.4. The Labute approximate surface area is 209 Å². The van der Waals surface area contributed by atoms with Crippen molar-refractivity contribution in [3.8, 4) is 23.3 Å². The van der Waals surface area contributed by atoms with Crippen LogP contribution in [-0.2, 0) is 17.9 Å². The number of ether oxygens (including phenoxy) is 2. The maximum Gasteiger partial charge on any atom is 0.325 e. The minimum atomic E-state index is -0.924. The van der Waals surface area contributed by atoms with E-state index in [1.807, 2.05) is 17.0 Å². The zero-order valence-electron chi connectivity index (χ0n) is 19.9. The highest BCUT2D eigenvalue weighted by Gasteiger charge is 2.27. The van der Waals surface area contributed by atoms with Crippen LogP contribution in [0.4, 0.5) is 0 Å². The summed E-state index contributed by atoms with van der Waals surface area (Å²) in [5.41, 5.74) is 1.55. The summed E-state index contributed by atoms with van der Waals surface area (Å²) in [5.74, 6) is 0.00242. The summed E-state index contributed by atoms with van der Waals surface area (Å²) in [6.45, 7) is 3.54. The molecule has 3 rings (SSSR count). The van der Waals surface area contributed by atoms with Gasteiger partial charge in [0.05, 0.1) is 13.7 Å². The summed E-state index contributed by atoms with van der Waals surface area (Å²) in [7, 11) is 1.54. The van der Waals surface area contributed by atoms with E-state index in [0.29, 0.717) is 35.2 Å². The van der Waals surface area contributed by atoms with Crippen LogP contribution in [0, 0.1) is 0 Å². The molecular formula is C26H31ClN2O6. The zero-order chi connectivity index (χ0) is 25.4. The molecule has 35 heavy (non-hydrogen) atoms. The number of unbranched alkanes of at least 4 members (excludes halogenated alkanes) is 1. The van der Waals surface area contributed by atoms with Crippen LogP contribution in [0.3, 0.4) is 0 Å². The predicted molar refractivity (Wildman–Crippen MR) is 133 cm³/mol. The van der Waals surface area contributed by atoms with E-state index >= 15 is 0 Å². The fourth-order valence-electron chi connectivity index (χ4n) is 3.90. The molecule has 1 atom stereocenters. The van der Waals surface area contributed by atoms with E-state index in [2.05, 4.69) is 6.92 Å². The van der Waals surface area contributed by atoms with Crippen LogP contribution in [0.1, 0.15) is 36.9 Å². The molecule has 0 spiro atoms. The van der Waals surface area contributed by atoms with Crippen molar-refractivity contribution in [2.24, 2.45) is 0 Å². The fraction of sp³-hybridized carbons (Fsp3) is 0.346. The molecule has 0 saturated heterocycles. The molecule has 0 saturated carbocycles. The number of carboxylic acid groups (broad SMARTS) is 1. The summed E-state index contributed by atoms with van der Waals surface area (Å²) in [6.07, 6.45) is 1.79. The van der Waals surface area contributed by atoms with Crippen molar-refractivity contribution < 1.29 is 29.6 Å². The molecule has 1 aromatic heterocycles. The van der Waals surface area contributed by atoms with Crippen LogP contribution < -0.4 is 9.47 Å². The summed E-state index contributed by atoms with van der Waals surface area (Å²) in [4.78, 5) is 14.2. The van der Waals surface area contributed by atoms with E-state index < -0.39 is 12.0 Å².